The molecule has 26 heavy (non-hydrogen) atoms. The van der Waals surface area contributed by atoms with Crippen LogP contribution in [0.25, 0.3) is 0 Å². The molecule has 4 N–H and O–H groups in total. The van der Waals surface area contributed by atoms with E-state index in [4.69, 9.17) is 10.5 Å². The number of ether oxygens (including phenoxy) is 1. The molecule has 0 aromatic heterocycles. The Morgan fingerprint density at radius 3 is 2.77 bits per heavy atom. The van der Waals surface area contributed by atoms with Crippen LogP contribution in [0.1, 0.15) is 55.7 Å². The summed E-state index contributed by atoms with van der Waals surface area (Å²) < 4.78 is 5.04. The van der Waals surface area contributed by atoms with E-state index in [2.05, 4.69) is 16.7 Å². The molecule has 0 saturated heterocycles. The number of rotatable bonds is 9. The molecule has 1 aliphatic rings. The van der Waals surface area contributed by atoms with Gasteiger partial charge in [0, 0.05) is 13.0 Å². The van der Waals surface area contributed by atoms with Crippen LogP contribution in [0.4, 0.5) is 4.79 Å². The van der Waals surface area contributed by atoms with E-state index in [9.17, 15) is 14.4 Å². The van der Waals surface area contributed by atoms with E-state index >= 15 is 0 Å². The van der Waals surface area contributed by atoms with E-state index in [0.717, 1.165) is 37.7 Å². The fourth-order valence-corrected chi connectivity index (χ4v) is 3.14. The molecule has 0 heterocycles. The zero-order valence-electron chi connectivity index (χ0n) is 15.0. The van der Waals surface area contributed by atoms with Gasteiger partial charge in [0.15, 0.2) is 6.61 Å². The monoisotopic (exact) mass is 361 g/mol. The smallest absolute Gasteiger partial charge is 0.312 e. The molecule has 0 saturated carbocycles. The summed E-state index contributed by atoms with van der Waals surface area (Å²) in [6, 6.07) is 7.56. The van der Waals surface area contributed by atoms with Gasteiger partial charge in [-0.3, -0.25) is 9.59 Å². The quantitative estimate of drug-likeness (QED) is 0.461. The van der Waals surface area contributed by atoms with Crippen LogP contribution < -0.4 is 16.4 Å². The van der Waals surface area contributed by atoms with Crippen molar-refractivity contribution in [2.75, 3.05) is 13.2 Å². The first-order valence-corrected chi connectivity index (χ1v) is 9.12. The highest BCUT2D eigenvalue weighted by Crippen LogP contribution is 2.29. The highest BCUT2D eigenvalue weighted by molar-refractivity contribution is 5.81. The number of amides is 3. The van der Waals surface area contributed by atoms with Crippen molar-refractivity contribution in [1.29, 1.82) is 0 Å². The van der Waals surface area contributed by atoms with E-state index in [1.54, 1.807) is 0 Å². The molecule has 0 aliphatic heterocycles. The van der Waals surface area contributed by atoms with Crippen LogP contribution in [0.5, 0.6) is 0 Å². The minimum Gasteiger partial charge on any atom is -0.456 e. The summed E-state index contributed by atoms with van der Waals surface area (Å²) in [5.41, 5.74) is 7.38. The summed E-state index contributed by atoms with van der Waals surface area (Å²) in [6.45, 7) is 0.246. The molecule has 1 aromatic rings. The molecule has 0 unspecified atom stereocenters. The zero-order chi connectivity index (χ0) is 18.8. The standard InChI is InChI=1S/C19H27N3O4/c20-19(25)21-12-5-1-2-11-18(24)26-13-17(23)22-16-10-6-8-14-7-3-4-9-15(14)16/h3-4,7,9,16H,1-2,5-6,8,10-13H2,(H,22,23)(H3,20,21,25)/t16-/m0/s1. The topological polar surface area (TPSA) is 111 Å². The lowest BCUT2D eigenvalue weighted by atomic mass is 9.88. The van der Waals surface area contributed by atoms with Gasteiger partial charge in [-0.2, -0.15) is 0 Å². The Balaban J connectivity index is 1.62. The van der Waals surface area contributed by atoms with Crippen molar-refractivity contribution in [2.24, 2.45) is 5.73 Å². The number of primary amides is 1. The second-order valence-electron chi connectivity index (χ2n) is 6.47. The van der Waals surface area contributed by atoms with Crippen LogP contribution in [0.15, 0.2) is 24.3 Å². The molecular weight excluding hydrogens is 334 g/mol. The minimum atomic E-state index is -0.545. The lowest BCUT2D eigenvalue weighted by molar-refractivity contribution is -0.148. The van der Waals surface area contributed by atoms with Gasteiger partial charge < -0.3 is 21.1 Å². The van der Waals surface area contributed by atoms with Gasteiger partial charge in [-0.1, -0.05) is 30.7 Å². The Hall–Kier alpha value is -2.57. The number of nitrogens with one attached hydrogen (secondary N) is 2. The molecule has 1 atom stereocenters. The average Bonchev–Trinajstić information content (AvgIpc) is 2.63. The van der Waals surface area contributed by atoms with Crippen molar-refractivity contribution in [3.63, 3.8) is 0 Å². The molecule has 3 amide bonds. The van der Waals surface area contributed by atoms with Gasteiger partial charge in [-0.15, -0.1) is 0 Å². The van der Waals surface area contributed by atoms with Gasteiger partial charge in [0.1, 0.15) is 0 Å². The van der Waals surface area contributed by atoms with Crippen LogP contribution in [-0.4, -0.2) is 31.1 Å². The van der Waals surface area contributed by atoms with Gasteiger partial charge in [0.05, 0.1) is 6.04 Å². The molecule has 0 radical (unpaired) electrons. The maximum absolute atomic E-state index is 12.1. The number of urea groups is 1. The van der Waals surface area contributed by atoms with Gasteiger partial charge in [-0.25, -0.2) is 4.79 Å². The number of carbonyl (C=O) groups excluding carboxylic acids is 3. The number of benzene rings is 1. The second-order valence-corrected chi connectivity index (χ2v) is 6.47. The van der Waals surface area contributed by atoms with E-state index in [-0.39, 0.29) is 30.9 Å². The van der Waals surface area contributed by atoms with E-state index in [1.807, 2.05) is 18.2 Å². The predicted molar refractivity (Wildman–Crippen MR) is 97.3 cm³/mol. The summed E-state index contributed by atoms with van der Waals surface area (Å²) in [4.78, 5) is 34.3. The van der Waals surface area contributed by atoms with Crippen molar-refractivity contribution < 1.29 is 19.1 Å². The lowest BCUT2D eigenvalue weighted by Crippen LogP contribution is -2.34. The van der Waals surface area contributed by atoms with Crippen LogP contribution in [-0.2, 0) is 20.7 Å². The summed E-state index contributed by atoms with van der Waals surface area (Å²) in [6.07, 6.45) is 5.40. The Morgan fingerprint density at radius 2 is 1.96 bits per heavy atom. The van der Waals surface area contributed by atoms with E-state index in [0.29, 0.717) is 13.0 Å². The Morgan fingerprint density at radius 1 is 1.15 bits per heavy atom. The number of esters is 1. The molecule has 7 heteroatoms. The highest BCUT2D eigenvalue weighted by atomic mass is 16.5. The van der Waals surface area contributed by atoms with Gasteiger partial charge in [0.25, 0.3) is 5.91 Å². The SMILES string of the molecule is NC(=O)NCCCCCC(=O)OCC(=O)N[C@H]1CCCc2ccccc21. The van der Waals surface area contributed by atoms with Crippen molar-refractivity contribution in [3.8, 4) is 0 Å². The van der Waals surface area contributed by atoms with Gasteiger partial charge in [0.2, 0.25) is 0 Å². The summed E-state index contributed by atoms with van der Waals surface area (Å²) in [7, 11) is 0. The second kappa shape index (κ2) is 10.4. The molecule has 0 bridgehead atoms. The van der Waals surface area contributed by atoms with Gasteiger partial charge >= 0.3 is 12.0 Å². The van der Waals surface area contributed by atoms with Crippen LogP contribution in [0.2, 0.25) is 0 Å². The summed E-state index contributed by atoms with van der Waals surface area (Å²) >= 11 is 0. The van der Waals surface area contributed by atoms with Crippen molar-refractivity contribution in [1.82, 2.24) is 10.6 Å². The largest absolute Gasteiger partial charge is 0.456 e. The fourth-order valence-electron chi connectivity index (χ4n) is 3.14. The fraction of sp³-hybridized carbons (Fsp3) is 0.526. The van der Waals surface area contributed by atoms with E-state index in [1.165, 1.54) is 5.56 Å². The van der Waals surface area contributed by atoms with Crippen molar-refractivity contribution in [2.45, 2.75) is 51.0 Å². The molecule has 0 fully saturated rings. The molecule has 1 aromatic carbocycles. The van der Waals surface area contributed by atoms with E-state index < -0.39 is 6.03 Å². The first kappa shape index (κ1) is 19.8. The molecule has 0 spiro atoms. The Bertz CT molecular complexity index is 633. The maximum atomic E-state index is 12.1. The number of hydrogen-bond acceptors (Lipinski definition) is 4. The number of unbranched alkanes of at least 4 members (excludes halogenated alkanes) is 2. The number of nitrogens with two attached hydrogens (primary N) is 1. The third-order valence-electron chi connectivity index (χ3n) is 4.43. The maximum Gasteiger partial charge on any atom is 0.312 e. The Labute approximate surface area is 153 Å². The number of aryl methyl sites for hydroxylation is 1. The normalized spacial score (nSPS) is 15.6. The lowest BCUT2D eigenvalue weighted by Gasteiger charge is -2.26. The minimum absolute atomic E-state index is 0.0103. The summed E-state index contributed by atoms with van der Waals surface area (Å²) in [5.74, 6) is -0.655. The van der Waals surface area contributed by atoms with Crippen LogP contribution >= 0.6 is 0 Å². The predicted octanol–water partition coefficient (Wildman–Crippen LogP) is 1.95. The molecule has 2 rings (SSSR count). The van der Waals surface area contributed by atoms with Gasteiger partial charge in [-0.05, 0) is 43.2 Å². The van der Waals surface area contributed by atoms with Crippen LogP contribution in [0.3, 0.4) is 0 Å². The third-order valence-corrected chi connectivity index (χ3v) is 4.43. The molecule has 142 valence electrons. The van der Waals surface area contributed by atoms with Crippen LogP contribution in [0, 0.1) is 0 Å². The molecule has 1 aliphatic carbocycles. The summed E-state index contributed by atoms with van der Waals surface area (Å²) in [5, 5.41) is 5.45. The number of fused-ring (bicyclic) bond motifs is 1. The first-order chi connectivity index (χ1) is 12.6. The molecular formula is C19H27N3O4. The number of hydrogen-bond donors (Lipinski definition) is 3. The highest BCUT2D eigenvalue weighted by Gasteiger charge is 2.21. The van der Waals surface area contributed by atoms with Crippen molar-refractivity contribution in [3.05, 3.63) is 35.4 Å². The van der Waals surface area contributed by atoms with Crippen molar-refractivity contribution >= 4 is 17.9 Å². The first-order valence-electron chi connectivity index (χ1n) is 9.12. The zero-order valence-corrected chi connectivity index (χ0v) is 15.0. The average molecular weight is 361 g/mol. The molecule has 7 nitrogen and oxygen atoms in total. The Kier molecular flexibility index (Phi) is 7.92. The number of carbonyl (C=O) groups is 3. The third kappa shape index (κ3) is 6.74.